The van der Waals surface area contributed by atoms with E-state index in [0.717, 1.165) is 5.69 Å². The van der Waals surface area contributed by atoms with Crippen molar-refractivity contribution in [3.8, 4) is 17.2 Å². The predicted molar refractivity (Wildman–Crippen MR) is 73.3 cm³/mol. The Hall–Kier alpha value is -3.09. The third-order valence-corrected chi connectivity index (χ3v) is 2.36. The fourth-order valence-corrected chi connectivity index (χ4v) is 1.36. The van der Waals surface area contributed by atoms with E-state index in [4.69, 9.17) is 15.9 Å². The second-order valence-electron chi connectivity index (χ2n) is 3.86. The Bertz CT molecular complexity index is 615. The van der Waals surface area contributed by atoms with E-state index in [1.54, 1.807) is 48.5 Å². The topological polar surface area (TPSA) is 110 Å². The van der Waals surface area contributed by atoms with Crippen LogP contribution in [0.3, 0.4) is 0 Å². The van der Waals surface area contributed by atoms with Crippen molar-refractivity contribution in [1.82, 2.24) is 20.2 Å². The fourth-order valence-electron chi connectivity index (χ4n) is 1.36. The molecule has 0 spiro atoms. The highest BCUT2D eigenvalue weighted by Crippen LogP contribution is 2.11. The van der Waals surface area contributed by atoms with Crippen molar-refractivity contribution in [2.24, 2.45) is 0 Å². The maximum Gasteiger partial charge on any atom is 0.143 e. The lowest BCUT2D eigenvalue weighted by molar-refractivity contribution is 0.474. The molecule has 0 bridgehead atoms. The van der Waals surface area contributed by atoms with Crippen LogP contribution in [0.2, 0.25) is 0 Å². The van der Waals surface area contributed by atoms with E-state index in [1.807, 2.05) is 0 Å². The number of phenols is 2. The molecule has 1 aromatic heterocycles. The van der Waals surface area contributed by atoms with Gasteiger partial charge in [0, 0.05) is 5.69 Å². The first-order chi connectivity index (χ1) is 9.65. The zero-order chi connectivity index (χ0) is 14.4. The number of tetrazole rings is 1. The summed E-state index contributed by atoms with van der Waals surface area (Å²) in [6.45, 7) is 0. The summed E-state index contributed by atoms with van der Waals surface area (Å²) in [6, 6.07) is 13.0. The van der Waals surface area contributed by atoms with Crippen molar-refractivity contribution in [2.45, 2.75) is 0 Å². The van der Waals surface area contributed by atoms with Gasteiger partial charge in [-0.05, 0) is 59.0 Å². The molecule has 0 aliphatic rings. The van der Waals surface area contributed by atoms with E-state index < -0.39 is 0 Å². The first kappa shape index (κ1) is 13.3. The van der Waals surface area contributed by atoms with E-state index in [9.17, 15) is 0 Å². The summed E-state index contributed by atoms with van der Waals surface area (Å²) >= 11 is 0. The Morgan fingerprint density at radius 2 is 1.40 bits per heavy atom. The molecule has 3 rings (SSSR count). The molecule has 7 heteroatoms. The molecule has 0 aliphatic heterocycles. The van der Waals surface area contributed by atoms with Gasteiger partial charge in [0.25, 0.3) is 0 Å². The highest BCUT2D eigenvalue weighted by Gasteiger charge is 1.95. The van der Waals surface area contributed by atoms with Crippen molar-refractivity contribution in [3.05, 3.63) is 54.9 Å². The molecular weight excluding hydrogens is 258 g/mol. The van der Waals surface area contributed by atoms with Crippen molar-refractivity contribution < 1.29 is 10.2 Å². The van der Waals surface area contributed by atoms with Gasteiger partial charge in [0.1, 0.15) is 17.8 Å². The van der Waals surface area contributed by atoms with Crippen LogP contribution in [0.4, 0.5) is 5.69 Å². The van der Waals surface area contributed by atoms with Crippen LogP contribution in [0, 0.1) is 0 Å². The van der Waals surface area contributed by atoms with Gasteiger partial charge in [-0.2, -0.15) is 0 Å². The van der Waals surface area contributed by atoms with Crippen LogP contribution in [-0.2, 0) is 0 Å². The summed E-state index contributed by atoms with van der Waals surface area (Å²) in [5, 5.41) is 28.4. The number of aromatic hydroxyl groups is 2. The van der Waals surface area contributed by atoms with Gasteiger partial charge in [-0.1, -0.05) is 0 Å². The molecule has 0 radical (unpaired) electrons. The van der Waals surface area contributed by atoms with Gasteiger partial charge in [-0.25, -0.2) is 4.68 Å². The molecule has 102 valence electrons. The average molecular weight is 271 g/mol. The quantitative estimate of drug-likeness (QED) is 0.455. The zero-order valence-corrected chi connectivity index (χ0v) is 10.5. The van der Waals surface area contributed by atoms with Crippen LogP contribution >= 0.6 is 0 Å². The lowest BCUT2D eigenvalue weighted by Gasteiger charge is -1.97. The predicted octanol–water partition coefficient (Wildman–Crippen LogP) is 1.34. The minimum absolute atomic E-state index is 0.229. The van der Waals surface area contributed by atoms with Crippen LogP contribution in [-0.4, -0.2) is 30.4 Å². The Morgan fingerprint density at radius 3 is 1.85 bits per heavy atom. The van der Waals surface area contributed by atoms with Crippen LogP contribution in [0.5, 0.6) is 11.5 Å². The maximum atomic E-state index is 8.99. The monoisotopic (exact) mass is 271 g/mol. The number of anilines is 1. The van der Waals surface area contributed by atoms with Gasteiger partial charge in [0.2, 0.25) is 0 Å². The fraction of sp³-hybridized carbons (Fsp3) is 0. The van der Waals surface area contributed by atoms with Gasteiger partial charge >= 0.3 is 0 Å². The van der Waals surface area contributed by atoms with Crippen molar-refractivity contribution in [1.29, 1.82) is 0 Å². The largest absolute Gasteiger partial charge is 0.508 e. The van der Waals surface area contributed by atoms with Gasteiger partial charge in [0.05, 0.1) is 5.69 Å². The summed E-state index contributed by atoms with van der Waals surface area (Å²) in [5.41, 5.74) is 6.80. The van der Waals surface area contributed by atoms with E-state index in [0.29, 0.717) is 5.69 Å². The van der Waals surface area contributed by atoms with Crippen molar-refractivity contribution in [3.63, 3.8) is 0 Å². The molecule has 0 saturated heterocycles. The SMILES string of the molecule is Nc1ccc(O)cc1.Oc1ccc(-n2cnnn2)cc1. The van der Waals surface area contributed by atoms with Crippen LogP contribution in [0.1, 0.15) is 0 Å². The number of aromatic nitrogens is 4. The average Bonchev–Trinajstić information content (AvgIpc) is 2.98. The normalized spacial score (nSPS) is 9.60. The Kier molecular flexibility index (Phi) is 4.13. The zero-order valence-electron chi connectivity index (χ0n) is 10.5. The molecule has 20 heavy (non-hydrogen) atoms. The molecule has 0 fully saturated rings. The van der Waals surface area contributed by atoms with E-state index >= 15 is 0 Å². The smallest absolute Gasteiger partial charge is 0.143 e. The van der Waals surface area contributed by atoms with Gasteiger partial charge in [-0.15, -0.1) is 5.10 Å². The Labute approximate surface area is 114 Å². The van der Waals surface area contributed by atoms with Crippen LogP contribution in [0.25, 0.3) is 5.69 Å². The van der Waals surface area contributed by atoms with Crippen LogP contribution in [0.15, 0.2) is 54.9 Å². The van der Waals surface area contributed by atoms with E-state index in [1.165, 1.54) is 11.0 Å². The molecule has 4 N–H and O–H groups in total. The minimum Gasteiger partial charge on any atom is -0.508 e. The summed E-state index contributed by atoms with van der Waals surface area (Å²) in [6.07, 6.45) is 1.49. The molecule has 2 aromatic carbocycles. The number of nitrogens with zero attached hydrogens (tertiary/aromatic N) is 4. The van der Waals surface area contributed by atoms with Crippen LogP contribution < -0.4 is 5.73 Å². The van der Waals surface area contributed by atoms with Gasteiger partial charge in [-0.3, -0.25) is 0 Å². The number of benzene rings is 2. The highest BCUT2D eigenvalue weighted by molar-refractivity contribution is 5.40. The minimum atomic E-state index is 0.229. The third-order valence-electron chi connectivity index (χ3n) is 2.36. The van der Waals surface area contributed by atoms with Crippen molar-refractivity contribution in [2.75, 3.05) is 5.73 Å². The summed E-state index contributed by atoms with van der Waals surface area (Å²) in [4.78, 5) is 0. The lowest BCUT2D eigenvalue weighted by atomic mass is 10.3. The lowest BCUT2D eigenvalue weighted by Crippen LogP contribution is -1.93. The molecule has 0 saturated carbocycles. The molecule has 7 nitrogen and oxygen atoms in total. The number of nitrogen functional groups attached to an aromatic ring is 1. The number of rotatable bonds is 1. The highest BCUT2D eigenvalue weighted by atomic mass is 16.3. The molecular formula is C13H13N5O2. The number of phenolic OH excluding ortho intramolecular Hbond substituents is 2. The number of hydrogen-bond donors (Lipinski definition) is 3. The molecule has 3 aromatic rings. The second kappa shape index (κ2) is 6.19. The third kappa shape index (κ3) is 3.70. The standard InChI is InChI=1S/C7H6N4O.C6H7NO/c12-7-3-1-6(2-4-7)11-5-8-9-10-11;7-5-1-3-6(8)4-2-5/h1-5,12H;1-4,8H,7H2. The maximum absolute atomic E-state index is 8.99. The first-order valence-electron chi connectivity index (χ1n) is 5.72. The first-order valence-corrected chi connectivity index (χ1v) is 5.72. The van der Waals surface area contributed by atoms with Gasteiger partial charge < -0.3 is 15.9 Å². The number of nitrogens with two attached hydrogens (primary N) is 1. The summed E-state index contributed by atoms with van der Waals surface area (Å²) in [5.74, 6) is 0.478. The summed E-state index contributed by atoms with van der Waals surface area (Å²) in [7, 11) is 0. The van der Waals surface area contributed by atoms with Gasteiger partial charge in [0.15, 0.2) is 0 Å². The molecule has 0 amide bonds. The van der Waals surface area contributed by atoms with E-state index in [-0.39, 0.29) is 11.5 Å². The molecule has 0 unspecified atom stereocenters. The summed E-state index contributed by atoms with van der Waals surface area (Å²) < 4.78 is 1.51. The molecule has 0 aliphatic carbocycles. The van der Waals surface area contributed by atoms with Crippen molar-refractivity contribution >= 4 is 5.69 Å². The second-order valence-corrected chi connectivity index (χ2v) is 3.86. The molecule has 1 heterocycles. The Morgan fingerprint density at radius 1 is 0.850 bits per heavy atom. The number of hydrogen-bond acceptors (Lipinski definition) is 6. The molecule has 0 atom stereocenters. The van der Waals surface area contributed by atoms with E-state index in [2.05, 4.69) is 15.5 Å². The Balaban J connectivity index is 0.000000160.